The zero-order chi connectivity index (χ0) is 35.8. The molecular weight excluding hydrogens is 645 g/mol. The number of carbonyl (C=O) groups excluding carboxylic acids is 2. The third kappa shape index (κ3) is 16.5. The molecule has 0 fully saturated rings. The highest BCUT2D eigenvalue weighted by atomic mass is 32.2. The van der Waals surface area contributed by atoms with Gasteiger partial charge in [0.1, 0.15) is 0 Å². The average Bonchev–Trinajstić information content (AvgIpc) is 2.97. The summed E-state index contributed by atoms with van der Waals surface area (Å²) in [7, 11) is -4.04. The van der Waals surface area contributed by atoms with Crippen molar-refractivity contribution in [2.45, 2.75) is 58.8 Å². The molecule has 2 aromatic carbocycles. The van der Waals surface area contributed by atoms with E-state index in [9.17, 15) is 31.6 Å². The topological polar surface area (TPSA) is 173 Å². The number of amides is 2. The van der Waals surface area contributed by atoms with Gasteiger partial charge in [-0.3, -0.25) is 24.8 Å². The van der Waals surface area contributed by atoms with Crippen LogP contribution >= 0.6 is 0 Å². The number of hydrogen-bond donors (Lipinski definition) is 4. The van der Waals surface area contributed by atoms with Gasteiger partial charge in [0, 0.05) is 6.54 Å². The van der Waals surface area contributed by atoms with Crippen molar-refractivity contribution in [2.75, 3.05) is 32.9 Å². The smallest absolute Gasteiger partial charge is 0.294 e. The van der Waals surface area contributed by atoms with Gasteiger partial charge < -0.3 is 4.90 Å². The lowest BCUT2D eigenvalue weighted by atomic mass is 9.82. The molecule has 2 atom stereocenters. The summed E-state index contributed by atoms with van der Waals surface area (Å²) in [5.74, 6) is -3.03. The fourth-order valence-electron chi connectivity index (χ4n) is 4.56. The zero-order valence-electron chi connectivity index (χ0n) is 28.5. The molecule has 0 spiro atoms. The molecule has 0 heterocycles. The van der Waals surface area contributed by atoms with Crippen molar-refractivity contribution in [1.82, 2.24) is 20.2 Å². The lowest BCUT2D eigenvalue weighted by Gasteiger charge is -2.30. The van der Waals surface area contributed by atoms with E-state index in [0.29, 0.717) is 19.4 Å². The van der Waals surface area contributed by atoms with Crippen LogP contribution in [0.1, 0.15) is 58.1 Å². The van der Waals surface area contributed by atoms with Crippen LogP contribution in [0.3, 0.4) is 0 Å². The Kier molecular flexibility index (Phi) is 18.1. The first-order valence-corrected chi connectivity index (χ1v) is 18.6. The fourth-order valence-corrected chi connectivity index (χ4v) is 6.51. The first kappa shape index (κ1) is 41.9. The molecule has 12 nitrogen and oxygen atoms in total. The number of allylic oxidation sites excluding steroid dienone is 1. The summed E-state index contributed by atoms with van der Waals surface area (Å²) < 4.78 is 56.7. The van der Waals surface area contributed by atoms with Crippen molar-refractivity contribution in [3.63, 3.8) is 0 Å². The Bertz CT molecular complexity index is 1480. The second-order valence-electron chi connectivity index (χ2n) is 12.5. The summed E-state index contributed by atoms with van der Waals surface area (Å²) in [5, 5.41) is 9.39. The molecule has 2 aromatic rings. The van der Waals surface area contributed by atoms with E-state index >= 15 is 0 Å². The molecule has 0 saturated heterocycles. The maximum absolute atomic E-state index is 13.5. The molecule has 0 aliphatic heterocycles. The molecule has 0 saturated carbocycles. The van der Waals surface area contributed by atoms with Gasteiger partial charge in [-0.2, -0.15) is 8.42 Å². The van der Waals surface area contributed by atoms with E-state index < -0.39 is 43.8 Å². The van der Waals surface area contributed by atoms with Crippen LogP contribution in [0.5, 0.6) is 0 Å². The quantitative estimate of drug-likeness (QED) is 0.106. The molecule has 0 bridgehead atoms. The van der Waals surface area contributed by atoms with E-state index in [1.54, 1.807) is 23.7 Å². The third-order valence-electron chi connectivity index (χ3n) is 6.92. The number of rotatable bonds is 17. The number of hydrogen-bond acceptors (Lipinski definition) is 8. The van der Waals surface area contributed by atoms with Crippen LogP contribution in [0.25, 0.3) is 6.08 Å². The Hall–Kier alpha value is -3.14. The first-order valence-electron chi connectivity index (χ1n) is 15.5. The summed E-state index contributed by atoms with van der Waals surface area (Å²) in [6.45, 7) is 10.2. The minimum Gasteiger partial charge on any atom is -0.309 e. The largest absolute Gasteiger partial charge is 0.309 e. The molecule has 0 aliphatic rings. The molecule has 47 heavy (non-hydrogen) atoms. The highest BCUT2D eigenvalue weighted by molar-refractivity contribution is 7.89. The Morgan fingerprint density at radius 1 is 0.872 bits per heavy atom. The molecule has 2 rings (SSSR count). The van der Waals surface area contributed by atoms with Crippen LogP contribution in [-0.4, -0.2) is 80.7 Å². The van der Waals surface area contributed by atoms with Gasteiger partial charge in [-0.05, 0) is 76.4 Å². The summed E-state index contributed by atoms with van der Waals surface area (Å²) in [5.41, 5.74) is 6.19. The third-order valence-corrected chi connectivity index (χ3v) is 9.51. The van der Waals surface area contributed by atoms with Crippen LogP contribution in [0.2, 0.25) is 0 Å². The predicted molar refractivity (Wildman–Crippen MR) is 184 cm³/mol. The summed E-state index contributed by atoms with van der Waals surface area (Å²) in [4.78, 5) is 28.0. The Balaban J connectivity index is 0.000000841. The van der Waals surface area contributed by atoms with Gasteiger partial charge in [0.25, 0.3) is 10.1 Å². The van der Waals surface area contributed by atoms with Gasteiger partial charge in [0.05, 0.1) is 22.5 Å². The van der Waals surface area contributed by atoms with E-state index in [0.717, 1.165) is 15.5 Å². The summed E-state index contributed by atoms with van der Waals surface area (Å²) in [6, 6.07) is 15.5. The second kappa shape index (κ2) is 20.3. The number of hydroxylamine groups is 1. The van der Waals surface area contributed by atoms with Crippen LogP contribution in [0, 0.1) is 30.6 Å². The van der Waals surface area contributed by atoms with Crippen molar-refractivity contribution in [3.8, 4) is 0 Å². The van der Waals surface area contributed by atoms with E-state index in [2.05, 4.69) is 5.43 Å². The number of aryl methyl sites for hydroxylation is 1. The minimum atomic E-state index is -4.02. The van der Waals surface area contributed by atoms with Gasteiger partial charge in [-0.15, -0.1) is 4.41 Å². The van der Waals surface area contributed by atoms with Crippen LogP contribution in [0.4, 0.5) is 0 Å². The molecule has 0 aromatic heterocycles. The van der Waals surface area contributed by atoms with Gasteiger partial charge in [0.15, 0.2) is 0 Å². The summed E-state index contributed by atoms with van der Waals surface area (Å²) in [6.07, 6.45) is 4.61. The second-order valence-corrected chi connectivity index (χ2v) is 16.0. The fraction of sp³-hybridized carbons (Fsp3) is 0.515. The van der Waals surface area contributed by atoms with Crippen molar-refractivity contribution in [2.24, 2.45) is 23.7 Å². The van der Waals surface area contributed by atoms with Gasteiger partial charge in [-0.1, -0.05) is 87.9 Å². The highest BCUT2D eigenvalue weighted by Crippen LogP contribution is 2.26. The monoisotopic (exact) mass is 696 g/mol. The number of nitrogens with one attached hydrogen (secondary N) is 2. The lowest BCUT2D eigenvalue weighted by Crippen LogP contribution is -2.52. The molecule has 0 aliphatic carbocycles. The Morgan fingerprint density at radius 3 is 1.96 bits per heavy atom. The molecule has 264 valence electrons. The van der Waals surface area contributed by atoms with Crippen molar-refractivity contribution in [1.29, 1.82) is 0 Å². The number of nitrogens with zero attached hydrogens (tertiary/aromatic N) is 2. The lowest BCUT2D eigenvalue weighted by molar-refractivity contribution is -0.141. The van der Waals surface area contributed by atoms with Crippen molar-refractivity contribution >= 4 is 38.0 Å². The van der Waals surface area contributed by atoms with Crippen LogP contribution in [0.15, 0.2) is 65.6 Å². The highest BCUT2D eigenvalue weighted by Gasteiger charge is 2.36. The van der Waals surface area contributed by atoms with Gasteiger partial charge in [-0.25, -0.2) is 13.9 Å². The molecule has 0 radical (unpaired) electrons. The Morgan fingerprint density at radius 2 is 1.47 bits per heavy atom. The van der Waals surface area contributed by atoms with Crippen molar-refractivity contribution < 1.29 is 36.2 Å². The van der Waals surface area contributed by atoms with E-state index in [1.807, 2.05) is 90.0 Å². The van der Waals surface area contributed by atoms with E-state index in [-0.39, 0.29) is 35.4 Å². The van der Waals surface area contributed by atoms with Crippen molar-refractivity contribution in [3.05, 3.63) is 71.8 Å². The minimum absolute atomic E-state index is 0.0252. The van der Waals surface area contributed by atoms with Crippen LogP contribution in [-0.2, 0) is 29.7 Å². The van der Waals surface area contributed by atoms with Crippen LogP contribution < -0.4 is 10.9 Å². The number of carbonyl (C=O) groups is 2. The normalized spacial score (nSPS) is 13.5. The van der Waals surface area contributed by atoms with E-state index in [4.69, 9.17) is 4.55 Å². The number of benzene rings is 2. The number of sulfonamides is 1. The SMILES string of the molecule is CC(C)C[C@@H](C(=O)NN(CC(C)C)S(=O)(=O)CCCN(C)C)[C@H](CC=Cc1ccccc1)C(=O)NO.Cc1ccc(S(=O)(=O)O)cc1. The molecular formula is C33H52N4O8S2. The zero-order valence-corrected chi connectivity index (χ0v) is 30.1. The molecule has 0 unspecified atom stereocenters. The summed E-state index contributed by atoms with van der Waals surface area (Å²) >= 11 is 0. The maximum atomic E-state index is 13.5. The molecule has 14 heteroatoms. The standard InChI is InChI=1S/C26H44N4O5S.C7H8O3S/c1-20(2)18-24(23(26(32)28-33)15-10-14-22-12-8-7-9-13-22)25(31)27-30(19-21(3)4)36(34,35)17-11-16-29(5)6;1-6-2-4-7(5-3-6)11(8,9)10/h7-10,12-14,20-21,23-24,33H,11,15-19H2,1-6H3,(H,27,31)(H,28,32);2-5H,1H3,(H,8,9,10)/t23-,24+;/m0./s1. The predicted octanol–water partition coefficient (Wildman–Crippen LogP) is 4.39. The molecule has 2 amide bonds. The van der Waals surface area contributed by atoms with Gasteiger partial charge >= 0.3 is 0 Å². The first-order chi connectivity index (χ1) is 21.9. The Labute approximate surface area is 281 Å². The van der Waals surface area contributed by atoms with E-state index in [1.165, 1.54) is 12.1 Å². The van der Waals surface area contributed by atoms with Gasteiger partial charge in [0.2, 0.25) is 21.8 Å². The molecule has 4 N–H and O–H groups in total. The maximum Gasteiger partial charge on any atom is 0.294 e. The number of hydrazine groups is 1. The average molecular weight is 697 g/mol.